The molecule has 1 aromatic carbocycles. The fourth-order valence-electron chi connectivity index (χ4n) is 4.56. The highest BCUT2D eigenvalue weighted by atomic mass is 16.3. The summed E-state index contributed by atoms with van der Waals surface area (Å²) in [5.74, 6) is 0.136. The van der Waals surface area contributed by atoms with Crippen molar-refractivity contribution in [3.05, 3.63) is 59.4 Å². The molecule has 0 spiro atoms. The van der Waals surface area contributed by atoms with Gasteiger partial charge in [0.1, 0.15) is 5.75 Å². The van der Waals surface area contributed by atoms with Crippen LogP contribution in [0.2, 0.25) is 0 Å². The summed E-state index contributed by atoms with van der Waals surface area (Å²) in [5.41, 5.74) is 2.39. The molecule has 0 bridgehead atoms. The van der Waals surface area contributed by atoms with Crippen LogP contribution in [0, 0.1) is 18.8 Å². The fraction of sp³-hybridized carbons (Fsp3) is 0.381. The molecule has 6 nitrogen and oxygen atoms in total. The lowest BCUT2D eigenvalue weighted by Gasteiger charge is -2.30. The molecule has 2 fully saturated rings. The maximum Gasteiger partial charge on any atom is 0.276 e. The van der Waals surface area contributed by atoms with Crippen LogP contribution in [0.3, 0.4) is 0 Å². The number of pyridine rings is 1. The molecule has 3 atom stereocenters. The molecule has 4 rings (SSSR count). The molecule has 27 heavy (non-hydrogen) atoms. The summed E-state index contributed by atoms with van der Waals surface area (Å²) in [6, 6.07) is 11.2. The van der Waals surface area contributed by atoms with Gasteiger partial charge in [-0.3, -0.25) is 9.59 Å². The molecule has 2 aliphatic rings. The summed E-state index contributed by atoms with van der Waals surface area (Å²) in [6.07, 6.45) is 1.51. The number of benzene rings is 1. The van der Waals surface area contributed by atoms with Crippen LogP contribution in [0.25, 0.3) is 0 Å². The number of rotatable bonds is 2. The Morgan fingerprint density at radius 1 is 1.11 bits per heavy atom. The Morgan fingerprint density at radius 2 is 1.89 bits per heavy atom. The summed E-state index contributed by atoms with van der Waals surface area (Å²) in [5, 5.41) is 9.96. The van der Waals surface area contributed by atoms with E-state index in [2.05, 4.69) is 24.0 Å². The van der Waals surface area contributed by atoms with E-state index in [4.69, 9.17) is 0 Å². The van der Waals surface area contributed by atoms with Crippen LogP contribution in [-0.4, -0.2) is 51.3 Å². The van der Waals surface area contributed by atoms with E-state index in [0.717, 1.165) is 11.1 Å². The molecule has 0 aliphatic carbocycles. The number of aromatic hydroxyl groups is 1. The van der Waals surface area contributed by atoms with Crippen LogP contribution in [-0.2, 0) is 4.79 Å². The average Bonchev–Trinajstić information content (AvgIpc) is 3.20. The standard InChI is InChI=1S/C21H23N3O3/c1-13-6-3-4-7-16(13)20-17-12-23(10-15(17)11-24(20)14(2)25)21(27)19-18(26)8-5-9-22-19/h3-9,15,17,20,26H,10-12H2,1-2H3/t15-,17-,20+/m1/s1. The van der Waals surface area contributed by atoms with Gasteiger partial charge in [-0.2, -0.15) is 0 Å². The normalized spacial score (nSPS) is 24.1. The molecule has 2 amide bonds. The van der Waals surface area contributed by atoms with E-state index in [1.807, 2.05) is 17.0 Å². The predicted octanol–water partition coefficient (Wildman–Crippen LogP) is 2.39. The SMILES string of the molecule is CC(=O)N1C[C@H]2CN(C(=O)c3ncccc3O)C[C@H]2[C@@H]1c1ccccc1C. The van der Waals surface area contributed by atoms with Crippen LogP contribution in [0.15, 0.2) is 42.6 Å². The molecule has 2 aromatic rings. The van der Waals surface area contributed by atoms with Crippen molar-refractivity contribution >= 4 is 11.8 Å². The zero-order valence-corrected chi connectivity index (χ0v) is 15.5. The zero-order chi connectivity index (χ0) is 19.1. The first kappa shape index (κ1) is 17.5. The first-order valence-corrected chi connectivity index (χ1v) is 9.23. The van der Waals surface area contributed by atoms with Crippen LogP contribution in [0.4, 0.5) is 0 Å². The number of nitrogens with zero attached hydrogens (tertiary/aromatic N) is 3. The minimum atomic E-state index is -0.250. The molecule has 1 N–H and O–H groups in total. The number of aromatic nitrogens is 1. The second-order valence-corrected chi connectivity index (χ2v) is 7.48. The summed E-state index contributed by atoms with van der Waals surface area (Å²) < 4.78 is 0. The number of hydrogen-bond acceptors (Lipinski definition) is 4. The highest BCUT2D eigenvalue weighted by Crippen LogP contribution is 2.46. The topological polar surface area (TPSA) is 73.7 Å². The highest BCUT2D eigenvalue weighted by molar-refractivity contribution is 5.95. The molecule has 0 radical (unpaired) electrons. The summed E-state index contributed by atoms with van der Waals surface area (Å²) in [7, 11) is 0. The average molecular weight is 365 g/mol. The first-order valence-electron chi connectivity index (χ1n) is 9.23. The zero-order valence-electron chi connectivity index (χ0n) is 15.5. The van der Waals surface area contributed by atoms with Gasteiger partial charge in [-0.15, -0.1) is 0 Å². The molecule has 2 aliphatic heterocycles. The molecule has 2 saturated heterocycles. The summed E-state index contributed by atoms with van der Waals surface area (Å²) in [6.45, 7) is 5.46. The van der Waals surface area contributed by atoms with Gasteiger partial charge >= 0.3 is 0 Å². The fourth-order valence-corrected chi connectivity index (χ4v) is 4.56. The number of likely N-dealkylation sites (tertiary alicyclic amines) is 2. The van der Waals surface area contributed by atoms with E-state index in [-0.39, 0.29) is 41.1 Å². The highest BCUT2D eigenvalue weighted by Gasteiger charge is 2.50. The molecular formula is C21H23N3O3. The Morgan fingerprint density at radius 3 is 2.59 bits per heavy atom. The van der Waals surface area contributed by atoms with Gasteiger partial charge in [-0.25, -0.2) is 4.98 Å². The maximum absolute atomic E-state index is 12.8. The Balaban J connectivity index is 1.63. The molecule has 1 aromatic heterocycles. The summed E-state index contributed by atoms with van der Waals surface area (Å²) >= 11 is 0. The van der Waals surface area contributed by atoms with Crippen molar-refractivity contribution in [1.82, 2.24) is 14.8 Å². The van der Waals surface area contributed by atoms with Gasteiger partial charge in [0.15, 0.2) is 5.69 Å². The molecular weight excluding hydrogens is 342 g/mol. The van der Waals surface area contributed by atoms with E-state index in [1.54, 1.807) is 17.9 Å². The van der Waals surface area contributed by atoms with Gasteiger partial charge in [0.2, 0.25) is 5.91 Å². The van der Waals surface area contributed by atoms with Gasteiger partial charge in [-0.05, 0) is 30.2 Å². The Labute approximate surface area is 158 Å². The summed E-state index contributed by atoms with van der Waals surface area (Å²) in [4.78, 5) is 32.9. The quantitative estimate of drug-likeness (QED) is 0.887. The van der Waals surface area contributed by atoms with E-state index < -0.39 is 0 Å². The maximum atomic E-state index is 12.8. The van der Waals surface area contributed by atoms with E-state index in [9.17, 15) is 14.7 Å². The van der Waals surface area contributed by atoms with Gasteiger partial charge in [0.25, 0.3) is 5.91 Å². The van der Waals surface area contributed by atoms with Crippen LogP contribution in [0.5, 0.6) is 5.75 Å². The van der Waals surface area contributed by atoms with Crippen molar-refractivity contribution in [1.29, 1.82) is 0 Å². The van der Waals surface area contributed by atoms with E-state index >= 15 is 0 Å². The molecule has 3 heterocycles. The van der Waals surface area contributed by atoms with Gasteiger partial charge in [-0.1, -0.05) is 24.3 Å². The Hall–Kier alpha value is -2.89. The number of carbonyl (C=O) groups excluding carboxylic acids is 2. The second kappa shape index (κ2) is 6.68. The number of amides is 2. The molecule has 0 unspecified atom stereocenters. The predicted molar refractivity (Wildman–Crippen MR) is 100 cm³/mol. The van der Waals surface area contributed by atoms with Crippen molar-refractivity contribution in [2.24, 2.45) is 11.8 Å². The van der Waals surface area contributed by atoms with E-state index in [1.165, 1.54) is 12.3 Å². The van der Waals surface area contributed by atoms with Crippen LogP contribution < -0.4 is 0 Å². The smallest absolute Gasteiger partial charge is 0.276 e. The van der Waals surface area contributed by atoms with Crippen molar-refractivity contribution < 1.29 is 14.7 Å². The Kier molecular flexibility index (Phi) is 4.34. The van der Waals surface area contributed by atoms with Gasteiger partial charge in [0.05, 0.1) is 6.04 Å². The first-order chi connectivity index (χ1) is 13.0. The third kappa shape index (κ3) is 2.95. The number of aryl methyl sites for hydroxylation is 1. The number of fused-ring (bicyclic) bond motifs is 1. The third-order valence-corrected chi connectivity index (χ3v) is 5.85. The van der Waals surface area contributed by atoms with Gasteiger partial charge < -0.3 is 14.9 Å². The van der Waals surface area contributed by atoms with Crippen LogP contribution in [0.1, 0.15) is 34.6 Å². The van der Waals surface area contributed by atoms with Crippen molar-refractivity contribution in [3.8, 4) is 5.75 Å². The molecule has 6 heteroatoms. The van der Waals surface area contributed by atoms with Gasteiger partial charge in [0, 0.05) is 44.6 Å². The number of carbonyl (C=O) groups is 2. The monoisotopic (exact) mass is 365 g/mol. The minimum Gasteiger partial charge on any atom is -0.505 e. The Bertz CT molecular complexity index is 898. The second-order valence-electron chi connectivity index (χ2n) is 7.48. The lowest BCUT2D eigenvalue weighted by atomic mass is 9.87. The van der Waals surface area contributed by atoms with Crippen LogP contribution >= 0.6 is 0 Å². The molecule has 140 valence electrons. The minimum absolute atomic E-state index is 0.0242. The van der Waals surface area contributed by atoms with Crippen molar-refractivity contribution in [3.63, 3.8) is 0 Å². The molecule has 0 saturated carbocycles. The lowest BCUT2D eigenvalue weighted by molar-refractivity contribution is -0.130. The number of hydrogen-bond donors (Lipinski definition) is 1. The lowest BCUT2D eigenvalue weighted by Crippen LogP contribution is -2.37. The van der Waals surface area contributed by atoms with Crippen molar-refractivity contribution in [2.45, 2.75) is 19.9 Å². The third-order valence-electron chi connectivity index (χ3n) is 5.85. The van der Waals surface area contributed by atoms with E-state index in [0.29, 0.717) is 19.6 Å². The van der Waals surface area contributed by atoms with Crippen molar-refractivity contribution in [2.75, 3.05) is 19.6 Å². The largest absolute Gasteiger partial charge is 0.505 e.